The van der Waals surface area contributed by atoms with E-state index in [0.29, 0.717) is 18.0 Å². The maximum atomic E-state index is 12.1. The van der Waals surface area contributed by atoms with Crippen LogP contribution >= 0.6 is 11.8 Å². The predicted octanol–water partition coefficient (Wildman–Crippen LogP) is 1.83. The summed E-state index contributed by atoms with van der Waals surface area (Å²) in [5.41, 5.74) is 0.966. The number of hydrogen-bond acceptors (Lipinski definition) is 4. The molecule has 1 rings (SSSR count). The van der Waals surface area contributed by atoms with E-state index in [1.807, 2.05) is 13.1 Å². The molecule has 0 fully saturated rings. The van der Waals surface area contributed by atoms with Gasteiger partial charge in [-0.1, -0.05) is 12.1 Å². The molecule has 1 aromatic rings. The number of nitrogens with one attached hydrogen (secondary N) is 2. The van der Waals surface area contributed by atoms with Crippen molar-refractivity contribution < 1.29 is 8.42 Å². The van der Waals surface area contributed by atoms with Crippen LogP contribution in [0.25, 0.3) is 0 Å². The molecule has 0 radical (unpaired) electrons. The zero-order chi connectivity index (χ0) is 14.1. The molecule has 0 aliphatic heterocycles. The first kappa shape index (κ1) is 16.5. The van der Waals surface area contributed by atoms with E-state index in [4.69, 9.17) is 0 Å². The van der Waals surface area contributed by atoms with Gasteiger partial charge in [0, 0.05) is 13.1 Å². The van der Waals surface area contributed by atoms with Gasteiger partial charge in [0.15, 0.2) is 0 Å². The van der Waals surface area contributed by atoms with E-state index in [2.05, 4.69) is 16.3 Å². The van der Waals surface area contributed by atoms with E-state index in [9.17, 15) is 8.42 Å². The quantitative estimate of drug-likeness (QED) is 0.683. The maximum absolute atomic E-state index is 12.1. The average Bonchev–Trinajstić information content (AvgIpc) is 2.39. The lowest BCUT2D eigenvalue weighted by atomic mass is 10.2. The van der Waals surface area contributed by atoms with Crippen LogP contribution in [0.4, 0.5) is 0 Å². The van der Waals surface area contributed by atoms with Gasteiger partial charge in [0.25, 0.3) is 0 Å². The fourth-order valence-electron chi connectivity index (χ4n) is 1.69. The van der Waals surface area contributed by atoms with Gasteiger partial charge < -0.3 is 5.32 Å². The van der Waals surface area contributed by atoms with Crippen molar-refractivity contribution in [3.8, 4) is 0 Å². The Morgan fingerprint density at radius 2 is 2.05 bits per heavy atom. The molecule has 0 saturated carbocycles. The lowest BCUT2D eigenvalue weighted by molar-refractivity contribution is 0.578. The fraction of sp³-hybridized carbons (Fsp3) is 0.538. The van der Waals surface area contributed by atoms with Gasteiger partial charge in [-0.05, 0) is 49.6 Å². The molecule has 0 bridgehead atoms. The Bertz CT molecular complexity index is 475. The van der Waals surface area contributed by atoms with Crippen LogP contribution in [0.5, 0.6) is 0 Å². The minimum atomic E-state index is -3.37. The van der Waals surface area contributed by atoms with E-state index >= 15 is 0 Å². The highest BCUT2D eigenvalue weighted by Crippen LogP contribution is 2.11. The number of benzene rings is 1. The van der Waals surface area contributed by atoms with Crippen LogP contribution in [-0.4, -0.2) is 34.0 Å². The highest BCUT2D eigenvalue weighted by Gasteiger charge is 2.13. The molecule has 0 aliphatic rings. The summed E-state index contributed by atoms with van der Waals surface area (Å²) >= 11 is 1.78. The Labute approximate surface area is 120 Å². The zero-order valence-electron chi connectivity index (χ0n) is 11.5. The average molecular weight is 302 g/mol. The van der Waals surface area contributed by atoms with E-state index < -0.39 is 10.0 Å². The molecule has 0 heterocycles. The second-order valence-electron chi connectivity index (χ2n) is 4.28. The van der Waals surface area contributed by atoms with Crippen molar-refractivity contribution in [2.75, 3.05) is 25.6 Å². The number of rotatable bonds is 9. The van der Waals surface area contributed by atoms with Crippen LogP contribution in [0.3, 0.4) is 0 Å². The van der Waals surface area contributed by atoms with Crippen LogP contribution < -0.4 is 10.0 Å². The number of hydrogen-bond donors (Lipinski definition) is 2. The molecule has 19 heavy (non-hydrogen) atoms. The summed E-state index contributed by atoms with van der Waals surface area (Å²) in [6.07, 6.45) is 3.96. The number of unbranched alkanes of at least 4 members (excludes halogenated alkanes) is 1. The first-order valence-corrected chi connectivity index (χ1v) is 9.20. The third-order valence-corrected chi connectivity index (χ3v) is 4.81. The molecule has 0 aromatic heterocycles. The minimum Gasteiger partial charge on any atom is -0.316 e. The molecule has 108 valence electrons. The van der Waals surface area contributed by atoms with Gasteiger partial charge >= 0.3 is 0 Å². The van der Waals surface area contributed by atoms with E-state index in [1.54, 1.807) is 30.0 Å². The Morgan fingerprint density at radius 1 is 1.26 bits per heavy atom. The van der Waals surface area contributed by atoms with Crippen LogP contribution in [-0.2, 0) is 16.6 Å². The molecule has 0 spiro atoms. The van der Waals surface area contributed by atoms with Crippen LogP contribution in [0.15, 0.2) is 29.2 Å². The van der Waals surface area contributed by atoms with Gasteiger partial charge in [0.05, 0.1) is 4.90 Å². The Morgan fingerprint density at radius 3 is 2.74 bits per heavy atom. The molecule has 1 aromatic carbocycles. The minimum absolute atomic E-state index is 0.338. The molecule has 0 saturated heterocycles. The summed E-state index contributed by atoms with van der Waals surface area (Å²) in [6.45, 7) is 1.16. The van der Waals surface area contributed by atoms with Gasteiger partial charge in [-0.3, -0.25) is 0 Å². The smallest absolute Gasteiger partial charge is 0.240 e. The Kier molecular flexibility index (Phi) is 7.45. The molecule has 0 atom stereocenters. The molecule has 0 amide bonds. The van der Waals surface area contributed by atoms with Crippen molar-refractivity contribution >= 4 is 21.8 Å². The fourth-order valence-corrected chi connectivity index (χ4v) is 3.32. The Hall–Kier alpha value is -0.560. The zero-order valence-corrected chi connectivity index (χ0v) is 13.1. The predicted molar refractivity (Wildman–Crippen MR) is 82.0 cm³/mol. The summed E-state index contributed by atoms with van der Waals surface area (Å²) in [4.78, 5) is 0.338. The maximum Gasteiger partial charge on any atom is 0.240 e. The SMILES string of the molecule is CNCc1cccc(S(=O)(=O)NCCCCSC)c1. The van der Waals surface area contributed by atoms with Gasteiger partial charge in [0.1, 0.15) is 0 Å². The highest BCUT2D eigenvalue weighted by atomic mass is 32.2. The normalized spacial score (nSPS) is 11.7. The molecule has 0 aliphatic carbocycles. The van der Waals surface area contributed by atoms with Gasteiger partial charge in [0.2, 0.25) is 10.0 Å². The monoisotopic (exact) mass is 302 g/mol. The largest absolute Gasteiger partial charge is 0.316 e. The lowest BCUT2D eigenvalue weighted by Gasteiger charge is -2.08. The topological polar surface area (TPSA) is 58.2 Å². The second kappa shape index (κ2) is 8.58. The van der Waals surface area contributed by atoms with Crippen LogP contribution in [0.2, 0.25) is 0 Å². The van der Waals surface area contributed by atoms with Crippen molar-refractivity contribution in [3.05, 3.63) is 29.8 Å². The van der Waals surface area contributed by atoms with Gasteiger partial charge in [-0.2, -0.15) is 11.8 Å². The van der Waals surface area contributed by atoms with Gasteiger partial charge in [-0.15, -0.1) is 0 Å². The third kappa shape index (κ3) is 5.95. The molecular weight excluding hydrogens is 280 g/mol. The van der Waals surface area contributed by atoms with Crippen LogP contribution in [0, 0.1) is 0 Å². The van der Waals surface area contributed by atoms with Crippen molar-refractivity contribution in [3.63, 3.8) is 0 Å². The van der Waals surface area contributed by atoms with Crippen molar-refractivity contribution in [2.24, 2.45) is 0 Å². The second-order valence-corrected chi connectivity index (χ2v) is 7.03. The molecule has 2 N–H and O–H groups in total. The molecule has 0 unspecified atom stereocenters. The summed E-state index contributed by atoms with van der Waals surface area (Å²) in [6, 6.07) is 7.02. The molecule has 4 nitrogen and oxygen atoms in total. The summed E-state index contributed by atoms with van der Waals surface area (Å²) in [5, 5.41) is 3.01. The van der Waals surface area contributed by atoms with E-state index in [-0.39, 0.29) is 0 Å². The summed E-state index contributed by atoms with van der Waals surface area (Å²) in [7, 11) is -1.53. The van der Waals surface area contributed by atoms with Gasteiger partial charge in [-0.25, -0.2) is 13.1 Å². The summed E-state index contributed by atoms with van der Waals surface area (Å²) in [5.74, 6) is 1.07. The van der Waals surface area contributed by atoms with Crippen LogP contribution in [0.1, 0.15) is 18.4 Å². The highest BCUT2D eigenvalue weighted by molar-refractivity contribution is 7.98. The summed E-state index contributed by atoms with van der Waals surface area (Å²) < 4.78 is 26.8. The van der Waals surface area contributed by atoms with E-state index in [0.717, 1.165) is 24.2 Å². The van der Waals surface area contributed by atoms with E-state index in [1.165, 1.54) is 0 Å². The Balaban J connectivity index is 2.58. The standard InChI is InChI=1S/C13H22N2O2S2/c1-14-11-12-6-5-7-13(10-12)19(16,17)15-8-3-4-9-18-2/h5-7,10,14-15H,3-4,8-9,11H2,1-2H3. The molecular formula is C13H22N2O2S2. The van der Waals surface area contributed by atoms with Crippen molar-refractivity contribution in [1.82, 2.24) is 10.0 Å². The first-order chi connectivity index (χ1) is 9.10. The third-order valence-electron chi connectivity index (χ3n) is 2.66. The number of sulfonamides is 1. The first-order valence-electron chi connectivity index (χ1n) is 6.32. The van der Waals surface area contributed by atoms with Crippen molar-refractivity contribution in [2.45, 2.75) is 24.3 Å². The number of thioether (sulfide) groups is 1. The molecule has 6 heteroatoms. The van der Waals surface area contributed by atoms with Crippen molar-refractivity contribution in [1.29, 1.82) is 0 Å². The lowest BCUT2D eigenvalue weighted by Crippen LogP contribution is -2.25.